The molecule has 2 heterocycles. The molecule has 166 valence electrons. The highest BCUT2D eigenvalue weighted by Crippen LogP contribution is 2.33. The van der Waals surface area contributed by atoms with E-state index in [1.807, 2.05) is 48.1 Å². The maximum Gasteiger partial charge on any atom is 0.407 e. The molecule has 2 aliphatic rings. The molecule has 2 amide bonds. The molecule has 0 bridgehead atoms. The van der Waals surface area contributed by atoms with Gasteiger partial charge in [-0.25, -0.2) is 9.59 Å². The molecule has 4 rings (SSSR count). The van der Waals surface area contributed by atoms with Gasteiger partial charge in [0.05, 0.1) is 24.9 Å². The van der Waals surface area contributed by atoms with Crippen LogP contribution in [0.25, 0.3) is 0 Å². The Morgan fingerprint density at radius 3 is 2.68 bits per heavy atom. The number of carbonyl (C=O) groups excluding carboxylic acids is 1. The van der Waals surface area contributed by atoms with Crippen molar-refractivity contribution >= 4 is 12.2 Å². The molecule has 2 aromatic rings. The zero-order chi connectivity index (χ0) is 21.8. The summed E-state index contributed by atoms with van der Waals surface area (Å²) in [7, 11) is 0. The molecule has 2 unspecified atom stereocenters. The number of benzene rings is 1. The first-order valence-corrected chi connectivity index (χ1v) is 10.6. The number of aryl methyl sites for hydroxylation is 1. The number of alkyl carbamates (subject to hydrolysis) is 1. The van der Waals surface area contributed by atoms with Gasteiger partial charge in [-0.2, -0.15) is 5.10 Å². The van der Waals surface area contributed by atoms with Crippen molar-refractivity contribution in [1.29, 1.82) is 0 Å². The fourth-order valence-electron chi connectivity index (χ4n) is 3.92. The zero-order valence-electron chi connectivity index (χ0n) is 17.6. The molecule has 31 heavy (non-hydrogen) atoms. The van der Waals surface area contributed by atoms with E-state index in [2.05, 4.69) is 10.4 Å². The van der Waals surface area contributed by atoms with Crippen LogP contribution in [-0.2, 0) is 11.3 Å². The fourth-order valence-corrected chi connectivity index (χ4v) is 3.92. The van der Waals surface area contributed by atoms with Crippen LogP contribution in [0.2, 0.25) is 0 Å². The Hall–Kier alpha value is -3.23. The molecule has 2 N–H and O–H groups in total. The molecule has 1 aromatic heterocycles. The van der Waals surface area contributed by atoms with Crippen molar-refractivity contribution in [2.24, 2.45) is 5.92 Å². The van der Waals surface area contributed by atoms with Gasteiger partial charge < -0.3 is 24.8 Å². The number of ether oxygens (including phenoxy) is 2. The average Bonchev–Trinajstić information content (AvgIpc) is 3.27. The summed E-state index contributed by atoms with van der Waals surface area (Å²) in [6, 6.07) is 9.45. The van der Waals surface area contributed by atoms with E-state index in [9.17, 15) is 14.7 Å². The number of rotatable bonds is 7. The third-order valence-electron chi connectivity index (χ3n) is 6.00. The van der Waals surface area contributed by atoms with Crippen molar-refractivity contribution in [1.82, 2.24) is 20.0 Å². The van der Waals surface area contributed by atoms with E-state index >= 15 is 0 Å². The number of hydrogen-bond acceptors (Lipinski definition) is 5. The third kappa shape index (κ3) is 5.10. The largest absolute Gasteiger partial charge is 0.490 e. The van der Waals surface area contributed by atoms with Crippen LogP contribution in [0, 0.1) is 12.8 Å². The Morgan fingerprint density at radius 2 is 2.00 bits per heavy atom. The number of nitrogens with one attached hydrogen (secondary N) is 1. The van der Waals surface area contributed by atoms with Crippen molar-refractivity contribution in [3.8, 4) is 5.75 Å². The van der Waals surface area contributed by atoms with Crippen LogP contribution in [0.3, 0.4) is 0 Å². The Morgan fingerprint density at radius 1 is 1.23 bits per heavy atom. The summed E-state index contributed by atoms with van der Waals surface area (Å²) in [6.45, 7) is 2.83. The lowest BCUT2D eigenvalue weighted by molar-refractivity contribution is 0.130. The van der Waals surface area contributed by atoms with Gasteiger partial charge in [-0.15, -0.1) is 0 Å². The second kappa shape index (κ2) is 9.28. The van der Waals surface area contributed by atoms with Crippen molar-refractivity contribution < 1.29 is 24.2 Å². The van der Waals surface area contributed by atoms with Crippen LogP contribution in [0.1, 0.15) is 36.6 Å². The molecular weight excluding hydrogens is 400 g/mol. The van der Waals surface area contributed by atoms with E-state index in [1.165, 1.54) is 11.3 Å². The number of carboxylic acid groups (broad SMARTS) is 1. The molecule has 0 radical (unpaired) electrons. The predicted molar refractivity (Wildman–Crippen MR) is 112 cm³/mol. The molecule has 1 aliphatic heterocycles. The average molecular weight is 428 g/mol. The van der Waals surface area contributed by atoms with Crippen LogP contribution >= 0.6 is 0 Å². The Labute approximate surface area is 180 Å². The smallest absolute Gasteiger partial charge is 0.407 e. The van der Waals surface area contributed by atoms with Crippen molar-refractivity contribution in [2.45, 2.75) is 44.9 Å². The molecule has 1 aliphatic carbocycles. The van der Waals surface area contributed by atoms with Crippen LogP contribution in [0.4, 0.5) is 9.59 Å². The molecule has 9 heteroatoms. The van der Waals surface area contributed by atoms with Crippen molar-refractivity contribution in [2.75, 3.05) is 19.7 Å². The topological polar surface area (TPSA) is 106 Å². The number of nitrogens with zero attached hydrogens (tertiary/aromatic N) is 3. The van der Waals surface area contributed by atoms with Gasteiger partial charge in [0.25, 0.3) is 0 Å². The SMILES string of the molecule is Cc1nn(C2CCC2)cc1OCC1CN(C(=O)O)CC1NC(=O)OCc1ccccc1. The van der Waals surface area contributed by atoms with Crippen LogP contribution in [0.5, 0.6) is 5.75 Å². The van der Waals surface area contributed by atoms with E-state index in [4.69, 9.17) is 9.47 Å². The van der Waals surface area contributed by atoms with Crippen LogP contribution < -0.4 is 10.1 Å². The van der Waals surface area contributed by atoms with Gasteiger partial charge in [-0.1, -0.05) is 30.3 Å². The lowest BCUT2D eigenvalue weighted by Crippen LogP contribution is -2.42. The number of likely N-dealkylation sites (tertiary alicyclic amines) is 1. The maximum atomic E-state index is 12.3. The highest BCUT2D eigenvalue weighted by Gasteiger charge is 2.37. The molecular formula is C22H28N4O5. The summed E-state index contributed by atoms with van der Waals surface area (Å²) in [6.07, 6.45) is 3.82. The quantitative estimate of drug-likeness (QED) is 0.702. The number of amides is 2. The predicted octanol–water partition coefficient (Wildman–Crippen LogP) is 3.20. The molecule has 1 saturated heterocycles. The summed E-state index contributed by atoms with van der Waals surface area (Å²) < 4.78 is 13.2. The second-order valence-electron chi connectivity index (χ2n) is 8.21. The summed E-state index contributed by atoms with van der Waals surface area (Å²) in [5, 5.41) is 16.7. The minimum absolute atomic E-state index is 0.156. The standard InChI is InChI=1S/C22H28N4O5/c1-15-20(12-26(24-15)18-8-5-9-18)30-14-17-10-25(22(28)29)11-19(17)23-21(27)31-13-16-6-3-2-4-7-16/h2-4,6-7,12,17-19H,5,8-11,13-14H2,1H3,(H,23,27)(H,28,29). The first-order chi connectivity index (χ1) is 15.0. The number of hydrogen-bond donors (Lipinski definition) is 2. The van der Waals surface area contributed by atoms with E-state index in [0.29, 0.717) is 11.8 Å². The Balaban J connectivity index is 1.33. The lowest BCUT2D eigenvalue weighted by atomic mass is 9.93. The second-order valence-corrected chi connectivity index (χ2v) is 8.21. The van der Waals surface area contributed by atoms with Gasteiger partial charge >= 0.3 is 12.2 Å². The molecule has 1 aromatic carbocycles. The minimum Gasteiger partial charge on any atom is -0.490 e. The Kier molecular flexibility index (Phi) is 6.29. The van der Waals surface area contributed by atoms with Crippen molar-refractivity contribution in [3.63, 3.8) is 0 Å². The summed E-state index contributed by atoms with van der Waals surface area (Å²) >= 11 is 0. The lowest BCUT2D eigenvalue weighted by Gasteiger charge is -2.25. The maximum absolute atomic E-state index is 12.3. The van der Waals surface area contributed by atoms with Crippen molar-refractivity contribution in [3.05, 3.63) is 47.8 Å². The first-order valence-electron chi connectivity index (χ1n) is 10.6. The van der Waals surface area contributed by atoms with E-state index < -0.39 is 12.2 Å². The van der Waals surface area contributed by atoms with Gasteiger partial charge in [0.2, 0.25) is 0 Å². The first kappa shape index (κ1) is 21.0. The summed E-state index contributed by atoms with van der Waals surface area (Å²) in [5.41, 5.74) is 1.70. The molecule has 2 atom stereocenters. The van der Waals surface area contributed by atoms with E-state index in [0.717, 1.165) is 24.1 Å². The molecule has 0 spiro atoms. The van der Waals surface area contributed by atoms with Gasteiger partial charge in [-0.3, -0.25) is 4.68 Å². The summed E-state index contributed by atoms with van der Waals surface area (Å²) in [4.78, 5) is 25.0. The third-order valence-corrected chi connectivity index (χ3v) is 6.00. The van der Waals surface area contributed by atoms with Crippen LogP contribution in [-0.4, -0.2) is 57.7 Å². The minimum atomic E-state index is -1.01. The van der Waals surface area contributed by atoms with Gasteiger partial charge in [-0.05, 0) is 31.7 Å². The van der Waals surface area contributed by atoms with Gasteiger partial charge in [0, 0.05) is 19.0 Å². The van der Waals surface area contributed by atoms with E-state index in [-0.39, 0.29) is 38.3 Å². The number of carbonyl (C=O) groups is 2. The summed E-state index contributed by atoms with van der Waals surface area (Å²) in [5.74, 6) is 0.512. The fraction of sp³-hybridized carbons (Fsp3) is 0.500. The number of aromatic nitrogens is 2. The van der Waals surface area contributed by atoms with Gasteiger partial charge in [0.1, 0.15) is 12.3 Å². The molecule has 1 saturated carbocycles. The highest BCUT2D eigenvalue weighted by molar-refractivity contribution is 5.69. The Bertz CT molecular complexity index is 912. The van der Waals surface area contributed by atoms with Crippen LogP contribution in [0.15, 0.2) is 36.5 Å². The molecule has 2 fully saturated rings. The van der Waals surface area contributed by atoms with E-state index in [1.54, 1.807) is 0 Å². The zero-order valence-corrected chi connectivity index (χ0v) is 17.6. The monoisotopic (exact) mass is 428 g/mol. The van der Waals surface area contributed by atoms with Gasteiger partial charge in [0.15, 0.2) is 5.75 Å². The highest BCUT2D eigenvalue weighted by atomic mass is 16.5. The molecule has 9 nitrogen and oxygen atoms in total. The normalized spacial score (nSPS) is 20.9.